The predicted octanol–water partition coefficient (Wildman–Crippen LogP) is 2.69. The molecular weight excluding hydrogens is 276 g/mol. The fourth-order valence-corrected chi connectivity index (χ4v) is 3.60. The van der Waals surface area contributed by atoms with Crippen LogP contribution in [0.2, 0.25) is 0 Å². The largest absolute Gasteiger partial charge is 0.304 e. The van der Waals surface area contributed by atoms with E-state index in [9.17, 15) is 0 Å². The third-order valence-corrected chi connectivity index (χ3v) is 4.90. The molecule has 17 heavy (non-hydrogen) atoms. The van der Waals surface area contributed by atoms with Crippen molar-refractivity contribution in [3.8, 4) is 0 Å². The summed E-state index contributed by atoms with van der Waals surface area (Å²) in [5.74, 6) is 0. The Labute approximate surface area is 112 Å². The van der Waals surface area contributed by atoms with Crippen molar-refractivity contribution in [2.45, 2.75) is 18.4 Å². The summed E-state index contributed by atoms with van der Waals surface area (Å²) in [4.78, 5) is 5.11. The van der Waals surface area contributed by atoms with Crippen LogP contribution in [-0.4, -0.2) is 43.0 Å². The molecule has 1 saturated carbocycles. The predicted molar refractivity (Wildman–Crippen MR) is 74.1 cm³/mol. The Hall–Kier alpha value is -0.380. The Morgan fingerprint density at radius 3 is 2.29 bits per heavy atom. The van der Waals surface area contributed by atoms with E-state index in [1.165, 1.54) is 49.1 Å². The monoisotopic (exact) mass is 294 g/mol. The highest BCUT2D eigenvalue weighted by Crippen LogP contribution is 2.53. The molecule has 0 radical (unpaired) electrons. The van der Waals surface area contributed by atoms with E-state index in [2.05, 4.69) is 57.0 Å². The summed E-state index contributed by atoms with van der Waals surface area (Å²) < 4.78 is 1.27. The maximum absolute atomic E-state index is 3.71. The van der Waals surface area contributed by atoms with Crippen LogP contribution in [0.5, 0.6) is 0 Å². The van der Waals surface area contributed by atoms with E-state index < -0.39 is 0 Å². The van der Waals surface area contributed by atoms with E-state index in [1.807, 2.05) is 0 Å². The molecule has 2 fully saturated rings. The Bertz CT molecular complexity index is 406. The molecule has 1 aliphatic heterocycles. The Kier molecular flexibility index (Phi) is 3.01. The van der Waals surface area contributed by atoms with E-state index in [0.29, 0.717) is 5.54 Å². The van der Waals surface area contributed by atoms with E-state index in [0.717, 1.165) is 0 Å². The zero-order chi connectivity index (χ0) is 11.9. The molecule has 0 unspecified atom stereocenters. The van der Waals surface area contributed by atoms with Crippen LogP contribution in [0.3, 0.4) is 0 Å². The molecule has 0 spiro atoms. The SMILES string of the molecule is CN1CCN(C2(c3ccccc3Br)CC2)CC1. The summed E-state index contributed by atoms with van der Waals surface area (Å²) in [5, 5.41) is 0. The van der Waals surface area contributed by atoms with E-state index in [-0.39, 0.29) is 0 Å². The molecule has 0 N–H and O–H groups in total. The van der Waals surface area contributed by atoms with Gasteiger partial charge in [0.15, 0.2) is 0 Å². The topological polar surface area (TPSA) is 6.48 Å². The van der Waals surface area contributed by atoms with Crippen molar-refractivity contribution in [1.82, 2.24) is 9.80 Å². The van der Waals surface area contributed by atoms with Gasteiger partial charge in [-0.1, -0.05) is 34.1 Å². The molecule has 1 saturated heterocycles. The number of piperazine rings is 1. The van der Waals surface area contributed by atoms with Crippen molar-refractivity contribution >= 4 is 15.9 Å². The summed E-state index contributed by atoms with van der Waals surface area (Å²) in [6.07, 6.45) is 2.64. The summed E-state index contributed by atoms with van der Waals surface area (Å²) in [5.41, 5.74) is 1.84. The van der Waals surface area contributed by atoms with Crippen LogP contribution in [-0.2, 0) is 5.54 Å². The minimum Gasteiger partial charge on any atom is -0.304 e. The summed E-state index contributed by atoms with van der Waals surface area (Å²) in [6, 6.07) is 8.73. The van der Waals surface area contributed by atoms with E-state index >= 15 is 0 Å². The molecule has 0 aromatic heterocycles. The average Bonchev–Trinajstić information content (AvgIpc) is 3.12. The average molecular weight is 295 g/mol. The van der Waals surface area contributed by atoms with Crippen LogP contribution < -0.4 is 0 Å². The quantitative estimate of drug-likeness (QED) is 0.827. The van der Waals surface area contributed by atoms with Crippen molar-refractivity contribution in [2.24, 2.45) is 0 Å². The zero-order valence-electron chi connectivity index (χ0n) is 10.3. The third-order valence-electron chi connectivity index (χ3n) is 4.21. The lowest BCUT2D eigenvalue weighted by Crippen LogP contribution is -2.49. The molecule has 1 aromatic rings. The van der Waals surface area contributed by atoms with Crippen molar-refractivity contribution in [3.05, 3.63) is 34.3 Å². The van der Waals surface area contributed by atoms with Gasteiger partial charge in [-0.15, -0.1) is 0 Å². The lowest BCUT2D eigenvalue weighted by molar-refractivity contribution is 0.0972. The first-order valence-corrected chi connectivity index (χ1v) is 7.20. The van der Waals surface area contributed by atoms with Gasteiger partial charge in [-0.3, -0.25) is 4.90 Å². The molecule has 0 bridgehead atoms. The fraction of sp³-hybridized carbons (Fsp3) is 0.571. The van der Waals surface area contributed by atoms with Gasteiger partial charge in [0.05, 0.1) is 0 Å². The van der Waals surface area contributed by atoms with Gasteiger partial charge < -0.3 is 4.90 Å². The van der Waals surface area contributed by atoms with E-state index in [4.69, 9.17) is 0 Å². The highest BCUT2D eigenvalue weighted by Gasteiger charge is 2.50. The highest BCUT2D eigenvalue weighted by molar-refractivity contribution is 9.10. The zero-order valence-corrected chi connectivity index (χ0v) is 11.9. The van der Waals surface area contributed by atoms with Crippen molar-refractivity contribution < 1.29 is 0 Å². The van der Waals surface area contributed by atoms with Gasteiger partial charge in [0.1, 0.15) is 0 Å². The molecule has 92 valence electrons. The molecule has 1 aliphatic carbocycles. The van der Waals surface area contributed by atoms with Crippen LogP contribution in [0.1, 0.15) is 18.4 Å². The molecule has 2 aliphatic rings. The molecule has 2 nitrogen and oxygen atoms in total. The molecular formula is C14H19BrN2. The molecule has 3 rings (SSSR count). The smallest absolute Gasteiger partial charge is 0.0474 e. The first kappa shape index (κ1) is 11.7. The van der Waals surface area contributed by atoms with Gasteiger partial charge in [-0.05, 0) is 31.5 Å². The summed E-state index contributed by atoms with van der Waals surface area (Å²) in [6.45, 7) is 4.81. The Morgan fingerprint density at radius 2 is 1.71 bits per heavy atom. The van der Waals surface area contributed by atoms with Crippen molar-refractivity contribution in [3.63, 3.8) is 0 Å². The number of likely N-dealkylation sites (N-methyl/N-ethyl adjacent to an activating group) is 1. The summed E-state index contributed by atoms with van der Waals surface area (Å²) in [7, 11) is 2.22. The molecule has 0 amide bonds. The third kappa shape index (κ3) is 2.05. The van der Waals surface area contributed by atoms with Gasteiger partial charge in [0.2, 0.25) is 0 Å². The van der Waals surface area contributed by atoms with Crippen molar-refractivity contribution in [1.29, 1.82) is 0 Å². The molecule has 0 atom stereocenters. The normalized spacial score (nSPS) is 24.8. The standard InChI is InChI=1S/C14H19BrN2/c1-16-8-10-17(11-9-16)14(6-7-14)12-4-2-3-5-13(12)15/h2-5H,6-11H2,1H3. The minimum absolute atomic E-state index is 0.349. The lowest BCUT2D eigenvalue weighted by atomic mass is 10.0. The second-order valence-electron chi connectivity index (χ2n) is 5.30. The van der Waals surface area contributed by atoms with Gasteiger partial charge in [0, 0.05) is 36.2 Å². The molecule has 3 heteroatoms. The van der Waals surface area contributed by atoms with Gasteiger partial charge in [0.25, 0.3) is 0 Å². The second-order valence-corrected chi connectivity index (χ2v) is 6.16. The number of benzene rings is 1. The number of hydrogen-bond donors (Lipinski definition) is 0. The first-order chi connectivity index (χ1) is 8.22. The van der Waals surface area contributed by atoms with Gasteiger partial charge in [-0.25, -0.2) is 0 Å². The highest BCUT2D eigenvalue weighted by atomic mass is 79.9. The van der Waals surface area contributed by atoms with Crippen LogP contribution >= 0.6 is 15.9 Å². The first-order valence-electron chi connectivity index (χ1n) is 6.41. The Morgan fingerprint density at radius 1 is 1.06 bits per heavy atom. The maximum Gasteiger partial charge on any atom is 0.0474 e. The van der Waals surface area contributed by atoms with Gasteiger partial charge in [-0.2, -0.15) is 0 Å². The van der Waals surface area contributed by atoms with Crippen molar-refractivity contribution in [2.75, 3.05) is 33.2 Å². The second kappa shape index (κ2) is 4.38. The van der Waals surface area contributed by atoms with Crippen LogP contribution in [0.25, 0.3) is 0 Å². The van der Waals surface area contributed by atoms with Crippen LogP contribution in [0.15, 0.2) is 28.7 Å². The van der Waals surface area contributed by atoms with Crippen LogP contribution in [0, 0.1) is 0 Å². The van der Waals surface area contributed by atoms with Gasteiger partial charge >= 0.3 is 0 Å². The molecule has 1 heterocycles. The van der Waals surface area contributed by atoms with E-state index in [1.54, 1.807) is 0 Å². The number of rotatable bonds is 2. The Balaban J connectivity index is 1.85. The summed E-state index contributed by atoms with van der Waals surface area (Å²) >= 11 is 3.71. The number of hydrogen-bond acceptors (Lipinski definition) is 2. The fourth-order valence-electron chi connectivity index (χ4n) is 2.95. The lowest BCUT2D eigenvalue weighted by Gasteiger charge is -2.39. The maximum atomic E-state index is 3.71. The number of halogens is 1. The van der Waals surface area contributed by atoms with Crippen LogP contribution in [0.4, 0.5) is 0 Å². The molecule has 1 aromatic carbocycles. The number of nitrogens with zero attached hydrogens (tertiary/aromatic N) is 2. The minimum atomic E-state index is 0.349.